The van der Waals surface area contributed by atoms with Gasteiger partial charge in [-0.15, -0.1) is 0 Å². The van der Waals surface area contributed by atoms with E-state index in [-0.39, 0.29) is 0 Å². The third-order valence-electron chi connectivity index (χ3n) is 2.98. The molecular weight excluding hydrogens is 490 g/mol. The molecule has 21 heavy (non-hydrogen) atoms. The average Bonchev–Trinajstić information content (AvgIpc) is 2.42. The Kier molecular flexibility index (Phi) is 6.60. The zero-order valence-electron chi connectivity index (χ0n) is 12.2. The fourth-order valence-electron chi connectivity index (χ4n) is 1.87. The van der Waals surface area contributed by atoms with Gasteiger partial charge in [-0.05, 0) is 94.4 Å². The molecule has 2 aromatic rings. The first-order valence-corrected chi connectivity index (χ1v) is 9.00. The summed E-state index contributed by atoms with van der Waals surface area (Å²) >= 11 is 4.61. The van der Waals surface area contributed by atoms with Crippen molar-refractivity contribution >= 4 is 45.2 Å². The molecule has 2 aromatic carbocycles. The SMILES string of the molecule is Cc1ccc(OCCCOc2ccc(C)cc2I)c(I)c1. The number of halogens is 2. The van der Waals surface area contributed by atoms with E-state index < -0.39 is 0 Å². The lowest BCUT2D eigenvalue weighted by Gasteiger charge is -2.11. The fourth-order valence-corrected chi connectivity index (χ4v) is 3.52. The molecule has 0 aliphatic carbocycles. The van der Waals surface area contributed by atoms with Crippen LogP contribution in [0.3, 0.4) is 0 Å². The van der Waals surface area contributed by atoms with E-state index in [4.69, 9.17) is 9.47 Å². The van der Waals surface area contributed by atoms with Crippen LogP contribution in [-0.4, -0.2) is 13.2 Å². The van der Waals surface area contributed by atoms with Gasteiger partial charge >= 0.3 is 0 Å². The molecule has 0 N–H and O–H groups in total. The monoisotopic (exact) mass is 508 g/mol. The Morgan fingerprint density at radius 2 is 1.19 bits per heavy atom. The summed E-state index contributed by atoms with van der Waals surface area (Å²) in [4.78, 5) is 0. The molecule has 0 saturated carbocycles. The van der Waals surface area contributed by atoms with E-state index in [1.165, 1.54) is 11.1 Å². The molecule has 0 spiro atoms. The van der Waals surface area contributed by atoms with Crippen molar-refractivity contribution in [2.24, 2.45) is 0 Å². The molecule has 112 valence electrons. The zero-order chi connectivity index (χ0) is 15.2. The highest BCUT2D eigenvalue weighted by molar-refractivity contribution is 14.1. The second kappa shape index (κ2) is 8.22. The van der Waals surface area contributed by atoms with Gasteiger partial charge < -0.3 is 9.47 Å². The quantitative estimate of drug-likeness (QED) is 0.387. The Hall–Kier alpha value is -0.500. The van der Waals surface area contributed by atoms with E-state index in [1.54, 1.807) is 0 Å². The van der Waals surface area contributed by atoms with Crippen molar-refractivity contribution in [3.05, 3.63) is 54.7 Å². The Bertz CT molecular complexity index is 558. The van der Waals surface area contributed by atoms with Gasteiger partial charge in [0, 0.05) is 6.42 Å². The second-order valence-corrected chi connectivity index (χ2v) is 7.24. The Balaban J connectivity index is 1.75. The first kappa shape index (κ1) is 16.9. The van der Waals surface area contributed by atoms with Crippen LogP contribution >= 0.6 is 45.2 Å². The third-order valence-corrected chi connectivity index (χ3v) is 4.66. The lowest BCUT2D eigenvalue weighted by atomic mass is 10.2. The molecule has 0 aliphatic rings. The molecule has 2 nitrogen and oxygen atoms in total. The maximum atomic E-state index is 5.79. The highest BCUT2D eigenvalue weighted by Gasteiger charge is 2.03. The molecule has 4 heteroatoms. The summed E-state index contributed by atoms with van der Waals surface area (Å²) in [7, 11) is 0. The normalized spacial score (nSPS) is 10.5. The van der Waals surface area contributed by atoms with Crippen molar-refractivity contribution in [1.29, 1.82) is 0 Å². The number of benzene rings is 2. The second-order valence-electron chi connectivity index (χ2n) is 4.92. The van der Waals surface area contributed by atoms with Gasteiger partial charge in [-0.25, -0.2) is 0 Å². The van der Waals surface area contributed by atoms with E-state index in [2.05, 4.69) is 83.3 Å². The molecule has 0 amide bonds. The van der Waals surface area contributed by atoms with Crippen molar-refractivity contribution in [2.45, 2.75) is 20.3 Å². The summed E-state index contributed by atoms with van der Waals surface area (Å²) in [5.74, 6) is 1.90. The van der Waals surface area contributed by atoms with Crippen molar-refractivity contribution in [3.8, 4) is 11.5 Å². The van der Waals surface area contributed by atoms with Crippen LogP contribution in [0.25, 0.3) is 0 Å². The van der Waals surface area contributed by atoms with E-state index in [0.717, 1.165) is 25.1 Å². The molecule has 0 radical (unpaired) electrons. The predicted octanol–water partition coefficient (Wildman–Crippen LogP) is 5.36. The minimum atomic E-state index is 0.668. The van der Waals surface area contributed by atoms with Crippen LogP contribution < -0.4 is 9.47 Å². The maximum absolute atomic E-state index is 5.79. The van der Waals surface area contributed by atoms with Gasteiger partial charge in [0.05, 0.1) is 20.4 Å². The molecule has 0 unspecified atom stereocenters. The van der Waals surface area contributed by atoms with Crippen LogP contribution in [0.1, 0.15) is 17.5 Å². The average molecular weight is 508 g/mol. The molecule has 0 fully saturated rings. The van der Waals surface area contributed by atoms with Gasteiger partial charge in [0.2, 0.25) is 0 Å². The van der Waals surface area contributed by atoms with E-state index in [9.17, 15) is 0 Å². The van der Waals surface area contributed by atoms with Gasteiger partial charge in [0.25, 0.3) is 0 Å². The van der Waals surface area contributed by atoms with Crippen molar-refractivity contribution in [1.82, 2.24) is 0 Å². The predicted molar refractivity (Wildman–Crippen MR) is 103 cm³/mol. The molecule has 0 heterocycles. The third kappa shape index (κ3) is 5.32. The lowest BCUT2D eigenvalue weighted by molar-refractivity contribution is 0.245. The minimum absolute atomic E-state index is 0.668. The summed E-state index contributed by atoms with van der Waals surface area (Å²) in [6.07, 6.45) is 0.869. The van der Waals surface area contributed by atoms with Crippen LogP contribution in [0.5, 0.6) is 11.5 Å². The van der Waals surface area contributed by atoms with Crippen molar-refractivity contribution < 1.29 is 9.47 Å². The Morgan fingerprint density at radius 3 is 1.57 bits per heavy atom. The molecule has 0 atom stereocenters. The highest BCUT2D eigenvalue weighted by atomic mass is 127. The zero-order valence-corrected chi connectivity index (χ0v) is 16.5. The minimum Gasteiger partial charge on any atom is -0.492 e. The number of aryl methyl sites for hydroxylation is 2. The lowest BCUT2D eigenvalue weighted by Crippen LogP contribution is -2.06. The van der Waals surface area contributed by atoms with Gasteiger partial charge in [-0.2, -0.15) is 0 Å². The summed E-state index contributed by atoms with van der Waals surface area (Å²) in [6.45, 7) is 5.51. The van der Waals surface area contributed by atoms with Crippen LogP contribution in [-0.2, 0) is 0 Å². The Labute approximate surface area is 153 Å². The van der Waals surface area contributed by atoms with E-state index in [0.29, 0.717) is 13.2 Å². The topological polar surface area (TPSA) is 18.5 Å². The number of hydrogen-bond donors (Lipinski definition) is 0. The Morgan fingerprint density at radius 1 is 0.762 bits per heavy atom. The van der Waals surface area contributed by atoms with Crippen LogP contribution in [0.15, 0.2) is 36.4 Å². The van der Waals surface area contributed by atoms with Gasteiger partial charge in [-0.1, -0.05) is 12.1 Å². The molecule has 0 aromatic heterocycles. The number of hydrogen-bond acceptors (Lipinski definition) is 2. The van der Waals surface area contributed by atoms with E-state index >= 15 is 0 Å². The smallest absolute Gasteiger partial charge is 0.132 e. The molecule has 0 aliphatic heterocycles. The number of ether oxygens (including phenoxy) is 2. The number of rotatable bonds is 6. The molecular formula is C17H18I2O2. The van der Waals surface area contributed by atoms with Crippen molar-refractivity contribution in [2.75, 3.05) is 13.2 Å². The summed E-state index contributed by atoms with van der Waals surface area (Å²) in [6, 6.07) is 12.5. The van der Waals surface area contributed by atoms with Crippen LogP contribution in [0.4, 0.5) is 0 Å². The van der Waals surface area contributed by atoms with E-state index in [1.807, 2.05) is 12.1 Å². The first-order chi connectivity index (χ1) is 10.1. The van der Waals surface area contributed by atoms with Gasteiger partial charge in [0.15, 0.2) is 0 Å². The molecule has 0 saturated heterocycles. The molecule has 2 rings (SSSR count). The van der Waals surface area contributed by atoms with Gasteiger partial charge in [0.1, 0.15) is 11.5 Å². The van der Waals surface area contributed by atoms with Gasteiger partial charge in [-0.3, -0.25) is 0 Å². The summed E-state index contributed by atoms with van der Waals surface area (Å²) in [5, 5.41) is 0. The van der Waals surface area contributed by atoms with Crippen LogP contribution in [0.2, 0.25) is 0 Å². The van der Waals surface area contributed by atoms with Crippen molar-refractivity contribution in [3.63, 3.8) is 0 Å². The fraction of sp³-hybridized carbons (Fsp3) is 0.294. The first-order valence-electron chi connectivity index (χ1n) is 6.84. The summed E-state index contributed by atoms with van der Waals surface area (Å²) < 4.78 is 13.9. The standard InChI is InChI=1S/C17H18I2O2/c1-12-4-6-16(14(18)10-12)20-8-3-9-21-17-7-5-13(2)11-15(17)19/h4-7,10-11H,3,8-9H2,1-2H3. The van der Waals surface area contributed by atoms with Crippen LogP contribution in [0, 0.1) is 21.0 Å². The maximum Gasteiger partial charge on any atom is 0.132 e. The molecule has 0 bridgehead atoms. The summed E-state index contributed by atoms with van der Waals surface area (Å²) in [5.41, 5.74) is 2.51. The largest absolute Gasteiger partial charge is 0.492 e. The highest BCUT2D eigenvalue weighted by Crippen LogP contribution is 2.23.